The van der Waals surface area contributed by atoms with Crippen molar-refractivity contribution < 1.29 is 9.47 Å². The molecule has 4 rings (SSSR count). The molecular formula is C17H25N3O2. The van der Waals surface area contributed by atoms with Crippen LogP contribution in [-0.2, 0) is 6.54 Å². The summed E-state index contributed by atoms with van der Waals surface area (Å²) in [5.74, 6) is 1.78. The summed E-state index contributed by atoms with van der Waals surface area (Å²) in [4.78, 5) is 2.68. The first kappa shape index (κ1) is 14.3. The molecule has 3 heterocycles. The Labute approximate surface area is 132 Å². The topological polar surface area (TPSA) is 45.8 Å². The second kappa shape index (κ2) is 6.07. The van der Waals surface area contributed by atoms with Crippen molar-refractivity contribution in [2.45, 2.75) is 24.9 Å². The minimum atomic E-state index is 0.316. The van der Waals surface area contributed by atoms with Gasteiger partial charge < -0.3 is 20.1 Å². The molecule has 3 aliphatic heterocycles. The van der Waals surface area contributed by atoms with Crippen LogP contribution in [0, 0.1) is 0 Å². The standard InChI is InChI=1S/C17H25N3O2/c1-2-15-16(22-10-9-21-15)11-14(1)12-20-8-7-19-13-17(20)3-5-18-6-4-17/h1-2,11,18-19H,3-10,12-13H2. The number of piperazine rings is 1. The maximum atomic E-state index is 5.72. The maximum absolute atomic E-state index is 5.72. The highest BCUT2D eigenvalue weighted by molar-refractivity contribution is 5.43. The van der Waals surface area contributed by atoms with Gasteiger partial charge in [-0.1, -0.05) is 6.07 Å². The van der Waals surface area contributed by atoms with Crippen molar-refractivity contribution in [3.63, 3.8) is 0 Å². The van der Waals surface area contributed by atoms with Gasteiger partial charge in [-0.3, -0.25) is 4.90 Å². The van der Waals surface area contributed by atoms with Crippen LogP contribution in [0.15, 0.2) is 18.2 Å². The Hall–Kier alpha value is -1.30. The molecule has 1 spiro atoms. The van der Waals surface area contributed by atoms with E-state index in [1.165, 1.54) is 18.4 Å². The Kier molecular flexibility index (Phi) is 3.94. The van der Waals surface area contributed by atoms with E-state index in [9.17, 15) is 0 Å². The second-order valence-corrected chi connectivity index (χ2v) is 6.55. The second-order valence-electron chi connectivity index (χ2n) is 6.55. The Morgan fingerprint density at radius 3 is 2.68 bits per heavy atom. The van der Waals surface area contributed by atoms with E-state index < -0.39 is 0 Å². The molecule has 0 bridgehead atoms. The van der Waals surface area contributed by atoms with Gasteiger partial charge >= 0.3 is 0 Å². The van der Waals surface area contributed by atoms with Crippen LogP contribution >= 0.6 is 0 Å². The normalized spacial score (nSPS) is 24.4. The average Bonchev–Trinajstić information content (AvgIpc) is 2.58. The molecule has 2 fully saturated rings. The summed E-state index contributed by atoms with van der Waals surface area (Å²) in [7, 11) is 0. The summed E-state index contributed by atoms with van der Waals surface area (Å²) >= 11 is 0. The van der Waals surface area contributed by atoms with Crippen LogP contribution in [0.5, 0.6) is 11.5 Å². The zero-order valence-electron chi connectivity index (χ0n) is 13.1. The minimum absolute atomic E-state index is 0.316. The van der Waals surface area contributed by atoms with E-state index in [0.717, 1.165) is 50.8 Å². The first-order chi connectivity index (χ1) is 10.9. The van der Waals surface area contributed by atoms with Crippen LogP contribution in [0.4, 0.5) is 0 Å². The van der Waals surface area contributed by atoms with Crippen LogP contribution in [0.2, 0.25) is 0 Å². The Bertz CT molecular complexity index is 520. The zero-order chi connectivity index (χ0) is 14.8. The Morgan fingerprint density at radius 1 is 1.00 bits per heavy atom. The first-order valence-electron chi connectivity index (χ1n) is 8.41. The van der Waals surface area contributed by atoms with E-state index in [4.69, 9.17) is 9.47 Å². The van der Waals surface area contributed by atoms with Gasteiger partial charge in [-0.05, 0) is 43.6 Å². The molecule has 0 aromatic heterocycles. The predicted molar refractivity (Wildman–Crippen MR) is 85.5 cm³/mol. The average molecular weight is 303 g/mol. The van der Waals surface area contributed by atoms with Gasteiger partial charge in [-0.25, -0.2) is 0 Å². The monoisotopic (exact) mass is 303 g/mol. The molecule has 2 N–H and O–H groups in total. The fraction of sp³-hybridized carbons (Fsp3) is 0.647. The molecule has 2 saturated heterocycles. The number of hydrogen-bond acceptors (Lipinski definition) is 5. The van der Waals surface area contributed by atoms with Crippen molar-refractivity contribution in [1.82, 2.24) is 15.5 Å². The molecule has 0 aliphatic carbocycles. The van der Waals surface area contributed by atoms with Gasteiger partial charge in [0.15, 0.2) is 11.5 Å². The molecule has 3 aliphatic rings. The highest BCUT2D eigenvalue weighted by atomic mass is 16.6. The number of ether oxygens (including phenoxy) is 2. The number of nitrogens with one attached hydrogen (secondary N) is 2. The molecule has 22 heavy (non-hydrogen) atoms. The SMILES string of the molecule is c1cc2c(cc1CN1CCNCC13CCNCC3)OCCO2. The number of fused-ring (bicyclic) bond motifs is 1. The van der Waals surface area contributed by atoms with Crippen molar-refractivity contribution in [3.8, 4) is 11.5 Å². The van der Waals surface area contributed by atoms with Gasteiger partial charge in [-0.15, -0.1) is 0 Å². The van der Waals surface area contributed by atoms with Crippen LogP contribution in [-0.4, -0.2) is 56.4 Å². The van der Waals surface area contributed by atoms with Gasteiger partial charge in [-0.2, -0.15) is 0 Å². The van der Waals surface area contributed by atoms with Crippen molar-refractivity contribution in [2.75, 3.05) is 45.9 Å². The van der Waals surface area contributed by atoms with Crippen LogP contribution in [0.3, 0.4) is 0 Å². The maximum Gasteiger partial charge on any atom is 0.161 e. The highest BCUT2D eigenvalue weighted by Crippen LogP contribution is 2.33. The first-order valence-corrected chi connectivity index (χ1v) is 8.41. The van der Waals surface area contributed by atoms with E-state index in [1.54, 1.807) is 0 Å². The van der Waals surface area contributed by atoms with Crippen molar-refractivity contribution in [3.05, 3.63) is 23.8 Å². The molecule has 0 amide bonds. The van der Waals surface area contributed by atoms with E-state index in [2.05, 4.69) is 33.7 Å². The van der Waals surface area contributed by atoms with Crippen molar-refractivity contribution in [1.29, 1.82) is 0 Å². The third-order valence-electron chi connectivity index (χ3n) is 5.20. The predicted octanol–water partition coefficient (Wildman–Crippen LogP) is 0.985. The van der Waals surface area contributed by atoms with Gasteiger partial charge in [0.25, 0.3) is 0 Å². The van der Waals surface area contributed by atoms with E-state index in [1.807, 2.05) is 0 Å². The third-order valence-corrected chi connectivity index (χ3v) is 5.20. The molecule has 0 unspecified atom stereocenters. The smallest absolute Gasteiger partial charge is 0.161 e. The van der Waals surface area contributed by atoms with Gasteiger partial charge in [0, 0.05) is 31.7 Å². The van der Waals surface area contributed by atoms with Crippen LogP contribution < -0.4 is 20.1 Å². The van der Waals surface area contributed by atoms with Crippen molar-refractivity contribution in [2.24, 2.45) is 0 Å². The van der Waals surface area contributed by atoms with Gasteiger partial charge in [0.1, 0.15) is 13.2 Å². The summed E-state index contributed by atoms with van der Waals surface area (Å²) in [6.45, 7) is 7.87. The molecule has 0 saturated carbocycles. The molecule has 0 atom stereocenters. The fourth-order valence-corrected chi connectivity index (χ4v) is 3.92. The van der Waals surface area contributed by atoms with E-state index >= 15 is 0 Å². The lowest BCUT2D eigenvalue weighted by molar-refractivity contribution is 0.0261. The molecule has 120 valence electrons. The third kappa shape index (κ3) is 2.69. The van der Waals surface area contributed by atoms with E-state index in [-0.39, 0.29) is 0 Å². The molecule has 5 nitrogen and oxygen atoms in total. The quantitative estimate of drug-likeness (QED) is 0.853. The lowest BCUT2D eigenvalue weighted by Gasteiger charge is -2.50. The summed E-state index contributed by atoms with van der Waals surface area (Å²) in [6.07, 6.45) is 2.45. The van der Waals surface area contributed by atoms with Crippen molar-refractivity contribution >= 4 is 0 Å². The number of nitrogens with zero attached hydrogens (tertiary/aromatic N) is 1. The summed E-state index contributed by atoms with van der Waals surface area (Å²) in [5, 5.41) is 7.09. The molecule has 5 heteroatoms. The largest absolute Gasteiger partial charge is 0.486 e. The Morgan fingerprint density at radius 2 is 1.82 bits per heavy atom. The zero-order valence-corrected chi connectivity index (χ0v) is 13.1. The molecule has 1 aromatic rings. The molecular weight excluding hydrogens is 278 g/mol. The van der Waals surface area contributed by atoms with Crippen LogP contribution in [0.1, 0.15) is 18.4 Å². The summed E-state index contributed by atoms with van der Waals surface area (Å²) in [5.41, 5.74) is 1.64. The number of rotatable bonds is 2. The minimum Gasteiger partial charge on any atom is -0.486 e. The summed E-state index contributed by atoms with van der Waals surface area (Å²) < 4.78 is 11.3. The van der Waals surface area contributed by atoms with E-state index in [0.29, 0.717) is 18.8 Å². The molecule has 1 aromatic carbocycles. The fourth-order valence-electron chi connectivity index (χ4n) is 3.92. The van der Waals surface area contributed by atoms with Gasteiger partial charge in [0.05, 0.1) is 0 Å². The lowest BCUT2D eigenvalue weighted by Crippen LogP contribution is -2.64. The van der Waals surface area contributed by atoms with Gasteiger partial charge in [0.2, 0.25) is 0 Å². The number of piperidine rings is 1. The van der Waals surface area contributed by atoms with Crippen LogP contribution in [0.25, 0.3) is 0 Å². The number of benzene rings is 1. The lowest BCUT2D eigenvalue weighted by atomic mass is 9.84. The highest BCUT2D eigenvalue weighted by Gasteiger charge is 2.39. The molecule has 0 radical (unpaired) electrons. The summed E-state index contributed by atoms with van der Waals surface area (Å²) in [6, 6.07) is 6.40. The number of hydrogen-bond donors (Lipinski definition) is 2. The Balaban J connectivity index is 1.53.